The van der Waals surface area contributed by atoms with Crippen LogP contribution in [0.5, 0.6) is 0 Å². The minimum absolute atomic E-state index is 0.295. The van der Waals surface area contributed by atoms with Gasteiger partial charge in [-0.2, -0.15) is 4.98 Å². The van der Waals surface area contributed by atoms with Crippen LogP contribution in [-0.2, 0) is 16.4 Å². The Hall–Kier alpha value is -3.23. The Labute approximate surface area is 194 Å². The Morgan fingerprint density at radius 3 is 2.36 bits per heavy atom. The van der Waals surface area contributed by atoms with Gasteiger partial charge in [-0.3, -0.25) is 4.90 Å². The van der Waals surface area contributed by atoms with Gasteiger partial charge in [-0.15, -0.1) is 0 Å². The quantitative estimate of drug-likeness (QED) is 0.454. The standard InChI is InChI=1S/C25H27N5O2S/c1-33(31,32)23-11-9-22(10-12-23)30-16-13-20-17-26-25(28-24(20)30)27-21-7-5-19(6-8-21)18-29-14-3-2-4-15-29/h5-13,16-17H,2-4,14-15,18H2,1H3,(H,26,27,28). The highest BCUT2D eigenvalue weighted by Gasteiger charge is 2.12. The third-order valence-electron chi connectivity index (χ3n) is 6.04. The second kappa shape index (κ2) is 8.96. The molecule has 8 heteroatoms. The molecular weight excluding hydrogens is 434 g/mol. The lowest BCUT2D eigenvalue weighted by Crippen LogP contribution is -2.29. The Kier molecular flexibility index (Phi) is 5.86. The van der Waals surface area contributed by atoms with Crippen molar-refractivity contribution < 1.29 is 8.42 Å². The first-order chi connectivity index (χ1) is 16.0. The summed E-state index contributed by atoms with van der Waals surface area (Å²) in [5.41, 5.74) is 3.84. The molecule has 0 bridgehead atoms. The molecule has 1 aliphatic heterocycles. The molecule has 0 saturated carbocycles. The van der Waals surface area contributed by atoms with Gasteiger partial charge >= 0.3 is 0 Å². The number of fused-ring (bicyclic) bond motifs is 1. The molecule has 0 radical (unpaired) electrons. The van der Waals surface area contributed by atoms with Gasteiger partial charge in [-0.1, -0.05) is 18.6 Å². The third kappa shape index (κ3) is 4.91. The molecule has 0 aliphatic carbocycles. The van der Waals surface area contributed by atoms with E-state index in [4.69, 9.17) is 4.98 Å². The fourth-order valence-corrected chi connectivity index (χ4v) is 4.87. The maximum Gasteiger partial charge on any atom is 0.229 e. The van der Waals surface area contributed by atoms with Crippen LogP contribution in [0.2, 0.25) is 0 Å². The highest BCUT2D eigenvalue weighted by molar-refractivity contribution is 7.90. The van der Waals surface area contributed by atoms with Gasteiger partial charge < -0.3 is 9.88 Å². The van der Waals surface area contributed by atoms with Crippen molar-refractivity contribution >= 4 is 32.5 Å². The van der Waals surface area contributed by atoms with Crippen molar-refractivity contribution in [3.05, 3.63) is 72.6 Å². The smallest absolute Gasteiger partial charge is 0.229 e. The summed E-state index contributed by atoms with van der Waals surface area (Å²) < 4.78 is 25.4. The predicted octanol–water partition coefficient (Wildman–Crippen LogP) is 4.55. The number of rotatable bonds is 6. The van der Waals surface area contributed by atoms with Crippen LogP contribution < -0.4 is 5.32 Å². The van der Waals surface area contributed by atoms with Crippen molar-refractivity contribution in [2.75, 3.05) is 24.7 Å². The summed E-state index contributed by atoms with van der Waals surface area (Å²) in [6, 6.07) is 17.2. The molecule has 2 aromatic heterocycles. The number of nitrogens with one attached hydrogen (secondary N) is 1. The maximum atomic E-state index is 11.7. The number of hydrogen-bond donors (Lipinski definition) is 1. The number of benzene rings is 2. The Morgan fingerprint density at radius 2 is 1.67 bits per heavy atom. The molecule has 1 N–H and O–H groups in total. The number of likely N-dealkylation sites (tertiary alicyclic amines) is 1. The lowest BCUT2D eigenvalue weighted by atomic mass is 10.1. The molecule has 0 atom stereocenters. The highest BCUT2D eigenvalue weighted by atomic mass is 32.2. The number of nitrogens with zero attached hydrogens (tertiary/aromatic N) is 4. The van der Waals surface area contributed by atoms with Crippen molar-refractivity contribution in [2.45, 2.75) is 30.7 Å². The minimum Gasteiger partial charge on any atom is -0.324 e. The van der Waals surface area contributed by atoms with Gasteiger partial charge in [0, 0.05) is 42.0 Å². The first kappa shape index (κ1) is 21.6. The zero-order chi connectivity index (χ0) is 22.8. The van der Waals surface area contributed by atoms with E-state index in [1.807, 2.05) is 16.8 Å². The molecule has 1 saturated heterocycles. The van der Waals surface area contributed by atoms with Gasteiger partial charge in [0.15, 0.2) is 9.84 Å². The number of piperidine rings is 1. The largest absolute Gasteiger partial charge is 0.324 e. The fourth-order valence-electron chi connectivity index (χ4n) is 4.24. The van der Waals surface area contributed by atoms with Gasteiger partial charge in [0.1, 0.15) is 5.65 Å². The summed E-state index contributed by atoms with van der Waals surface area (Å²) in [4.78, 5) is 12.0. The molecule has 3 heterocycles. The lowest BCUT2D eigenvalue weighted by Gasteiger charge is -2.26. The van der Waals surface area contributed by atoms with Crippen LogP contribution in [0.1, 0.15) is 24.8 Å². The minimum atomic E-state index is -3.23. The van der Waals surface area contributed by atoms with Gasteiger partial charge in [-0.25, -0.2) is 13.4 Å². The molecule has 0 unspecified atom stereocenters. The maximum absolute atomic E-state index is 11.7. The van der Waals surface area contributed by atoms with Crippen LogP contribution in [-0.4, -0.2) is 47.2 Å². The Bertz CT molecular complexity index is 1360. The van der Waals surface area contributed by atoms with Crippen LogP contribution in [0.25, 0.3) is 16.7 Å². The summed E-state index contributed by atoms with van der Waals surface area (Å²) in [5, 5.41) is 4.20. The Morgan fingerprint density at radius 1 is 0.939 bits per heavy atom. The monoisotopic (exact) mass is 461 g/mol. The van der Waals surface area contributed by atoms with Crippen molar-refractivity contribution in [3.8, 4) is 5.69 Å². The number of aromatic nitrogens is 3. The van der Waals surface area contributed by atoms with Crippen molar-refractivity contribution in [3.63, 3.8) is 0 Å². The first-order valence-corrected chi connectivity index (χ1v) is 13.1. The highest BCUT2D eigenvalue weighted by Crippen LogP contribution is 2.23. The molecule has 33 heavy (non-hydrogen) atoms. The van der Waals surface area contributed by atoms with Crippen LogP contribution in [0.3, 0.4) is 0 Å². The van der Waals surface area contributed by atoms with Gasteiger partial charge in [-0.05, 0) is 74.0 Å². The SMILES string of the molecule is CS(=O)(=O)c1ccc(-n2ccc3cnc(Nc4ccc(CN5CCCCC5)cc4)nc32)cc1. The number of sulfone groups is 1. The molecular formula is C25H27N5O2S. The van der Waals surface area contributed by atoms with E-state index in [2.05, 4.69) is 39.5 Å². The molecule has 2 aromatic carbocycles. The topological polar surface area (TPSA) is 80.1 Å². The number of anilines is 2. The van der Waals surface area contributed by atoms with Gasteiger partial charge in [0.05, 0.1) is 4.90 Å². The predicted molar refractivity (Wildman–Crippen MR) is 131 cm³/mol. The molecule has 0 amide bonds. The lowest BCUT2D eigenvalue weighted by molar-refractivity contribution is 0.221. The third-order valence-corrected chi connectivity index (χ3v) is 7.16. The molecule has 7 nitrogen and oxygen atoms in total. The molecule has 4 aromatic rings. The average Bonchev–Trinajstić information content (AvgIpc) is 3.24. The van der Waals surface area contributed by atoms with E-state index in [9.17, 15) is 8.42 Å². The fraction of sp³-hybridized carbons (Fsp3) is 0.280. The first-order valence-electron chi connectivity index (χ1n) is 11.2. The summed E-state index contributed by atoms with van der Waals surface area (Å²) in [7, 11) is -3.23. The van der Waals surface area contributed by atoms with Crippen molar-refractivity contribution in [1.82, 2.24) is 19.4 Å². The van der Waals surface area contributed by atoms with E-state index in [0.29, 0.717) is 10.8 Å². The summed E-state index contributed by atoms with van der Waals surface area (Å²) in [6.07, 6.45) is 8.84. The summed E-state index contributed by atoms with van der Waals surface area (Å²) >= 11 is 0. The van der Waals surface area contributed by atoms with E-state index >= 15 is 0 Å². The summed E-state index contributed by atoms with van der Waals surface area (Å²) in [5.74, 6) is 0.513. The van der Waals surface area contributed by atoms with E-state index < -0.39 is 9.84 Å². The van der Waals surface area contributed by atoms with Crippen molar-refractivity contribution in [1.29, 1.82) is 0 Å². The average molecular weight is 462 g/mol. The number of hydrogen-bond acceptors (Lipinski definition) is 6. The molecule has 5 rings (SSSR count). The van der Waals surface area contributed by atoms with E-state index in [1.54, 1.807) is 30.5 Å². The van der Waals surface area contributed by atoms with Crippen molar-refractivity contribution in [2.24, 2.45) is 0 Å². The van der Waals surface area contributed by atoms with Crippen LogP contribution >= 0.6 is 0 Å². The second-order valence-corrected chi connectivity index (χ2v) is 10.6. The molecule has 1 aliphatic rings. The van der Waals surface area contributed by atoms with Gasteiger partial charge in [0.25, 0.3) is 0 Å². The molecule has 0 spiro atoms. The Balaban J connectivity index is 1.34. The second-order valence-electron chi connectivity index (χ2n) is 8.58. The zero-order valence-electron chi connectivity index (χ0n) is 18.6. The van der Waals surface area contributed by atoms with E-state index in [0.717, 1.165) is 29.0 Å². The van der Waals surface area contributed by atoms with Crippen LogP contribution in [0.4, 0.5) is 11.6 Å². The molecule has 170 valence electrons. The van der Waals surface area contributed by atoms with E-state index in [-0.39, 0.29) is 0 Å². The van der Waals surface area contributed by atoms with Crippen LogP contribution in [0.15, 0.2) is 71.9 Å². The van der Waals surface area contributed by atoms with E-state index in [1.165, 1.54) is 44.2 Å². The normalized spacial score (nSPS) is 15.1. The van der Waals surface area contributed by atoms with Crippen LogP contribution in [0, 0.1) is 0 Å². The summed E-state index contributed by atoms with van der Waals surface area (Å²) in [6.45, 7) is 3.36. The molecule has 1 fully saturated rings. The van der Waals surface area contributed by atoms with Gasteiger partial charge in [0.2, 0.25) is 5.95 Å². The zero-order valence-corrected chi connectivity index (χ0v) is 19.4.